The molecule has 2 fully saturated rings. The molecule has 2 saturated carbocycles. The van der Waals surface area contributed by atoms with E-state index in [9.17, 15) is 14.7 Å². The minimum Gasteiger partial charge on any atom is -0.480 e. The van der Waals surface area contributed by atoms with E-state index >= 15 is 0 Å². The Morgan fingerprint density at radius 3 is 2.46 bits per heavy atom. The van der Waals surface area contributed by atoms with Crippen molar-refractivity contribution in [3.05, 3.63) is 35.9 Å². The first kappa shape index (κ1) is 16.9. The van der Waals surface area contributed by atoms with Gasteiger partial charge in [-0.3, -0.25) is 14.5 Å². The topological polar surface area (TPSA) is 89.9 Å². The van der Waals surface area contributed by atoms with Crippen molar-refractivity contribution in [3.8, 4) is 0 Å². The molecule has 1 aromatic carbocycles. The molecular weight excluding hydrogens is 308 g/mol. The highest BCUT2D eigenvalue weighted by Gasteiger charge is 2.38. The van der Waals surface area contributed by atoms with Crippen LogP contribution in [0.15, 0.2) is 30.3 Å². The second-order valence-electron chi connectivity index (χ2n) is 6.91. The highest BCUT2D eigenvalue weighted by atomic mass is 16.4. The number of nitrogens with zero attached hydrogens (tertiary/aromatic N) is 1. The molecule has 0 bridgehead atoms. The number of aliphatic hydroxyl groups is 1. The maximum Gasteiger partial charge on any atom is 0.317 e. The fraction of sp³-hybridized carbons (Fsp3) is 0.556. The summed E-state index contributed by atoms with van der Waals surface area (Å²) in [5.74, 6) is -0.558. The highest BCUT2D eigenvalue weighted by Crippen LogP contribution is 2.33. The lowest BCUT2D eigenvalue weighted by molar-refractivity contribution is -0.140. The average molecular weight is 332 g/mol. The molecule has 0 spiro atoms. The summed E-state index contributed by atoms with van der Waals surface area (Å²) in [6.07, 6.45) is 2.70. The number of carbonyl (C=O) groups excluding carboxylic acids is 1. The lowest BCUT2D eigenvalue weighted by atomic mass is 9.85. The molecule has 6 nitrogen and oxygen atoms in total. The lowest BCUT2D eigenvalue weighted by Crippen LogP contribution is -2.55. The van der Waals surface area contributed by atoms with Gasteiger partial charge < -0.3 is 15.5 Å². The van der Waals surface area contributed by atoms with Gasteiger partial charge in [-0.1, -0.05) is 30.3 Å². The normalized spacial score (nSPS) is 24.2. The quantitative estimate of drug-likeness (QED) is 0.665. The van der Waals surface area contributed by atoms with Crippen LogP contribution in [0.4, 0.5) is 0 Å². The van der Waals surface area contributed by atoms with Crippen molar-refractivity contribution in [2.24, 2.45) is 5.92 Å². The molecule has 24 heavy (non-hydrogen) atoms. The number of amides is 1. The molecule has 6 heteroatoms. The zero-order valence-electron chi connectivity index (χ0n) is 13.6. The van der Waals surface area contributed by atoms with E-state index in [0.717, 1.165) is 19.4 Å². The van der Waals surface area contributed by atoms with E-state index in [1.165, 1.54) is 12.8 Å². The van der Waals surface area contributed by atoms with Gasteiger partial charge in [-0.05, 0) is 37.2 Å². The number of carbonyl (C=O) groups is 2. The van der Waals surface area contributed by atoms with Gasteiger partial charge in [-0.15, -0.1) is 0 Å². The summed E-state index contributed by atoms with van der Waals surface area (Å²) in [7, 11) is 0. The number of rotatable bonds is 8. The van der Waals surface area contributed by atoms with Crippen LogP contribution in [0.3, 0.4) is 0 Å². The van der Waals surface area contributed by atoms with Gasteiger partial charge in [0.1, 0.15) is 0 Å². The van der Waals surface area contributed by atoms with Crippen LogP contribution >= 0.6 is 0 Å². The van der Waals surface area contributed by atoms with Crippen LogP contribution in [0.5, 0.6) is 0 Å². The molecule has 2 aliphatic rings. The van der Waals surface area contributed by atoms with Crippen molar-refractivity contribution in [1.29, 1.82) is 0 Å². The van der Waals surface area contributed by atoms with Crippen LogP contribution in [0.25, 0.3) is 0 Å². The molecule has 1 aromatic rings. The third-order valence-corrected chi connectivity index (χ3v) is 4.87. The van der Waals surface area contributed by atoms with E-state index in [2.05, 4.69) is 5.32 Å². The molecule has 3 N–H and O–H groups in total. The van der Waals surface area contributed by atoms with Gasteiger partial charge in [-0.2, -0.15) is 0 Å². The van der Waals surface area contributed by atoms with E-state index in [1.54, 1.807) is 24.3 Å². The van der Waals surface area contributed by atoms with Gasteiger partial charge in [0.15, 0.2) is 6.10 Å². The van der Waals surface area contributed by atoms with Crippen molar-refractivity contribution in [2.45, 2.75) is 43.9 Å². The van der Waals surface area contributed by atoms with Gasteiger partial charge in [-0.25, -0.2) is 0 Å². The predicted octanol–water partition coefficient (Wildman–Crippen LogP) is 1.16. The van der Waals surface area contributed by atoms with Crippen molar-refractivity contribution >= 4 is 11.9 Å². The summed E-state index contributed by atoms with van der Waals surface area (Å²) in [6.45, 7) is 0.902. The molecule has 0 saturated heterocycles. The van der Waals surface area contributed by atoms with Crippen molar-refractivity contribution < 1.29 is 19.8 Å². The van der Waals surface area contributed by atoms with E-state index in [0.29, 0.717) is 11.5 Å². The third kappa shape index (κ3) is 4.33. The summed E-state index contributed by atoms with van der Waals surface area (Å²) in [5.41, 5.74) is 0.576. The highest BCUT2D eigenvalue weighted by molar-refractivity contribution is 5.82. The Labute approximate surface area is 141 Å². The average Bonchev–Trinajstić information content (AvgIpc) is 3.33. The Bertz CT molecular complexity index is 582. The smallest absolute Gasteiger partial charge is 0.317 e. The van der Waals surface area contributed by atoms with E-state index in [1.807, 2.05) is 11.0 Å². The second kappa shape index (κ2) is 7.32. The number of carboxylic acid groups (broad SMARTS) is 1. The maximum absolute atomic E-state index is 12.1. The van der Waals surface area contributed by atoms with Gasteiger partial charge in [0, 0.05) is 18.6 Å². The SMILES string of the molecule is O=C(O)CN(CC1CC1)C1CC(NC(=O)C(O)c2ccccc2)C1. The first-order valence-corrected chi connectivity index (χ1v) is 8.52. The molecule has 0 heterocycles. The maximum atomic E-state index is 12.1. The van der Waals surface area contributed by atoms with Crippen molar-refractivity contribution in [1.82, 2.24) is 10.2 Å². The molecule has 0 radical (unpaired) electrons. The Kier molecular flexibility index (Phi) is 5.16. The molecule has 3 rings (SSSR count). The van der Waals surface area contributed by atoms with Crippen LogP contribution in [-0.2, 0) is 9.59 Å². The Balaban J connectivity index is 1.46. The summed E-state index contributed by atoms with van der Waals surface area (Å²) in [4.78, 5) is 25.2. The standard InChI is InChI=1S/C18H24N2O4/c21-16(22)11-20(10-12-6-7-12)15-8-14(9-15)19-18(24)17(23)13-4-2-1-3-5-13/h1-5,12,14-15,17,23H,6-11H2,(H,19,24)(H,21,22). The molecule has 0 aliphatic heterocycles. The summed E-state index contributed by atoms with van der Waals surface area (Å²) in [5, 5.41) is 22.0. The number of carboxylic acids is 1. The number of aliphatic hydroxyl groups excluding tert-OH is 1. The molecule has 1 atom stereocenters. The van der Waals surface area contributed by atoms with E-state index in [4.69, 9.17) is 5.11 Å². The fourth-order valence-corrected chi connectivity index (χ4v) is 3.22. The van der Waals surface area contributed by atoms with Crippen LogP contribution in [-0.4, -0.2) is 52.2 Å². The number of nitrogens with one attached hydrogen (secondary N) is 1. The van der Waals surface area contributed by atoms with Crippen LogP contribution < -0.4 is 5.32 Å². The van der Waals surface area contributed by atoms with Gasteiger partial charge >= 0.3 is 5.97 Å². The number of benzene rings is 1. The van der Waals surface area contributed by atoms with Gasteiger partial charge in [0.2, 0.25) is 0 Å². The molecule has 2 aliphatic carbocycles. The van der Waals surface area contributed by atoms with Crippen molar-refractivity contribution in [2.75, 3.05) is 13.1 Å². The number of aliphatic carboxylic acids is 1. The molecule has 0 aromatic heterocycles. The Morgan fingerprint density at radius 2 is 1.88 bits per heavy atom. The van der Waals surface area contributed by atoms with Crippen LogP contribution in [0, 0.1) is 5.92 Å². The minimum absolute atomic E-state index is 0.0105. The first-order valence-electron chi connectivity index (χ1n) is 8.52. The van der Waals surface area contributed by atoms with E-state index < -0.39 is 18.0 Å². The monoisotopic (exact) mass is 332 g/mol. The molecule has 1 unspecified atom stereocenters. The third-order valence-electron chi connectivity index (χ3n) is 4.87. The molecule has 130 valence electrons. The summed E-state index contributed by atoms with van der Waals surface area (Å²) < 4.78 is 0. The van der Waals surface area contributed by atoms with Gasteiger partial charge in [0.25, 0.3) is 5.91 Å². The fourth-order valence-electron chi connectivity index (χ4n) is 3.22. The minimum atomic E-state index is -1.16. The largest absolute Gasteiger partial charge is 0.480 e. The zero-order valence-corrected chi connectivity index (χ0v) is 13.6. The lowest BCUT2D eigenvalue weighted by Gasteiger charge is -2.43. The summed E-state index contributed by atoms with van der Waals surface area (Å²) >= 11 is 0. The van der Waals surface area contributed by atoms with Crippen molar-refractivity contribution in [3.63, 3.8) is 0 Å². The van der Waals surface area contributed by atoms with E-state index in [-0.39, 0.29) is 18.6 Å². The zero-order chi connectivity index (χ0) is 17.1. The Morgan fingerprint density at radius 1 is 1.21 bits per heavy atom. The predicted molar refractivity (Wildman–Crippen MR) is 88.3 cm³/mol. The first-order chi connectivity index (χ1) is 11.5. The molecular formula is C18H24N2O4. The number of hydrogen-bond donors (Lipinski definition) is 3. The van der Waals surface area contributed by atoms with Crippen LogP contribution in [0.1, 0.15) is 37.4 Å². The van der Waals surface area contributed by atoms with Crippen LogP contribution in [0.2, 0.25) is 0 Å². The molecule has 1 amide bonds. The summed E-state index contributed by atoms with van der Waals surface area (Å²) in [6, 6.07) is 9.06. The second-order valence-corrected chi connectivity index (χ2v) is 6.91. The number of hydrogen-bond acceptors (Lipinski definition) is 4. The Hall–Kier alpha value is -1.92. The van der Waals surface area contributed by atoms with Gasteiger partial charge in [0.05, 0.1) is 6.54 Å².